The zero-order chi connectivity index (χ0) is 16.5. The summed E-state index contributed by atoms with van der Waals surface area (Å²) in [5.41, 5.74) is 0. The Balaban J connectivity index is 1.61. The Hall–Kier alpha value is -1.40. The van der Waals surface area contributed by atoms with Crippen molar-refractivity contribution in [3.05, 3.63) is 22.4 Å². The molecule has 0 saturated heterocycles. The molecule has 1 aromatic heterocycles. The van der Waals surface area contributed by atoms with Crippen molar-refractivity contribution in [2.45, 2.75) is 57.5 Å². The molecule has 1 heterocycles. The van der Waals surface area contributed by atoms with Crippen molar-refractivity contribution in [3.63, 3.8) is 0 Å². The monoisotopic (exact) mass is 337 g/mol. The van der Waals surface area contributed by atoms with Gasteiger partial charge in [0.05, 0.1) is 4.88 Å². The van der Waals surface area contributed by atoms with Gasteiger partial charge >= 0.3 is 0 Å². The van der Waals surface area contributed by atoms with E-state index >= 15 is 0 Å². The quantitative estimate of drug-likeness (QED) is 0.528. The third-order valence-corrected chi connectivity index (χ3v) is 5.07. The molecule has 1 atom stereocenters. The summed E-state index contributed by atoms with van der Waals surface area (Å²) < 4.78 is 0. The first-order chi connectivity index (χ1) is 11.2. The summed E-state index contributed by atoms with van der Waals surface area (Å²) in [7, 11) is 0. The van der Waals surface area contributed by atoms with Crippen LogP contribution < -0.4 is 16.0 Å². The molecule has 2 amide bonds. The molecule has 0 aromatic carbocycles. The van der Waals surface area contributed by atoms with Gasteiger partial charge in [0.1, 0.15) is 6.04 Å². The highest BCUT2D eigenvalue weighted by atomic mass is 32.1. The molecule has 23 heavy (non-hydrogen) atoms. The van der Waals surface area contributed by atoms with Crippen LogP contribution in [0, 0.1) is 0 Å². The van der Waals surface area contributed by atoms with Crippen molar-refractivity contribution in [2.75, 3.05) is 13.1 Å². The highest BCUT2D eigenvalue weighted by molar-refractivity contribution is 7.12. The van der Waals surface area contributed by atoms with Crippen LogP contribution in [0.2, 0.25) is 0 Å². The van der Waals surface area contributed by atoms with Gasteiger partial charge in [-0.25, -0.2) is 0 Å². The Bertz CT molecular complexity index is 482. The zero-order valence-corrected chi connectivity index (χ0v) is 14.6. The molecule has 0 radical (unpaired) electrons. The van der Waals surface area contributed by atoms with E-state index in [-0.39, 0.29) is 11.8 Å². The van der Waals surface area contributed by atoms with Crippen LogP contribution in [-0.2, 0) is 4.79 Å². The molecular formula is C17H27N3O2S. The summed E-state index contributed by atoms with van der Waals surface area (Å²) in [5.74, 6) is -0.336. The number of amides is 2. The summed E-state index contributed by atoms with van der Waals surface area (Å²) in [5, 5.41) is 11.0. The minimum Gasteiger partial charge on any atom is -0.353 e. The Morgan fingerprint density at radius 3 is 2.61 bits per heavy atom. The Kier molecular flexibility index (Phi) is 7.55. The van der Waals surface area contributed by atoms with Gasteiger partial charge in [0.15, 0.2) is 0 Å². The van der Waals surface area contributed by atoms with Crippen molar-refractivity contribution in [1.29, 1.82) is 0 Å². The summed E-state index contributed by atoms with van der Waals surface area (Å²) in [4.78, 5) is 24.5. The van der Waals surface area contributed by atoms with Gasteiger partial charge in [-0.05, 0) is 31.2 Å². The summed E-state index contributed by atoms with van der Waals surface area (Å²) in [6.07, 6.45) is 7.76. The van der Waals surface area contributed by atoms with Gasteiger partial charge in [-0.1, -0.05) is 31.7 Å². The first-order valence-corrected chi connectivity index (χ1v) is 9.40. The van der Waals surface area contributed by atoms with Crippen LogP contribution in [0.25, 0.3) is 0 Å². The van der Waals surface area contributed by atoms with Crippen LogP contribution in [0.15, 0.2) is 17.5 Å². The van der Waals surface area contributed by atoms with E-state index in [4.69, 9.17) is 0 Å². The summed E-state index contributed by atoms with van der Waals surface area (Å²) in [6, 6.07) is 3.64. The van der Waals surface area contributed by atoms with Gasteiger partial charge in [0.2, 0.25) is 5.91 Å². The third kappa shape index (κ3) is 6.31. The number of hydrogen-bond donors (Lipinski definition) is 3. The molecule has 1 fully saturated rings. The fourth-order valence-electron chi connectivity index (χ4n) is 2.84. The second-order valence-corrected chi connectivity index (χ2v) is 7.05. The number of carbonyl (C=O) groups is 2. The summed E-state index contributed by atoms with van der Waals surface area (Å²) >= 11 is 1.37. The predicted octanol–water partition coefficient (Wildman–Crippen LogP) is 2.29. The van der Waals surface area contributed by atoms with Crippen LogP contribution in [0.4, 0.5) is 0 Å². The molecule has 6 heteroatoms. The largest absolute Gasteiger partial charge is 0.353 e. The molecular weight excluding hydrogens is 310 g/mol. The average Bonchev–Trinajstić information content (AvgIpc) is 2.96. The molecule has 0 spiro atoms. The lowest BCUT2D eigenvalue weighted by Crippen LogP contribution is -2.46. The number of rotatable bonds is 7. The maximum absolute atomic E-state index is 12.0. The van der Waals surface area contributed by atoms with E-state index in [1.54, 1.807) is 13.0 Å². The van der Waals surface area contributed by atoms with Gasteiger partial charge < -0.3 is 16.0 Å². The molecule has 1 unspecified atom stereocenters. The summed E-state index contributed by atoms with van der Waals surface area (Å²) in [6.45, 7) is 3.08. The number of carbonyl (C=O) groups excluding carboxylic acids is 2. The lowest BCUT2D eigenvalue weighted by Gasteiger charge is -2.17. The van der Waals surface area contributed by atoms with E-state index in [0.29, 0.717) is 17.5 Å². The molecule has 1 saturated carbocycles. The second kappa shape index (κ2) is 9.67. The molecule has 5 nitrogen and oxygen atoms in total. The topological polar surface area (TPSA) is 70.2 Å². The molecule has 0 aliphatic heterocycles. The standard InChI is InChI=1S/C17H27N3O2S/c1-13(20-17(22)15-9-6-12-23-15)16(21)19-11-10-18-14-7-4-2-3-5-8-14/h6,9,12-14,18H,2-5,7-8,10-11H2,1H3,(H,19,21)(H,20,22). The fourth-order valence-corrected chi connectivity index (χ4v) is 3.47. The zero-order valence-electron chi connectivity index (χ0n) is 13.8. The highest BCUT2D eigenvalue weighted by Gasteiger charge is 2.17. The van der Waals surface area contributed by atoms with Gasteiger partial charge in [0.25, 0.3) is 5.91 Å². The lowest BCUT2D eigenvalue weighted by molar-refractivity contribution is -0.122. The second-order valence-electron chi connectivity index (χ2n) is 6.11. The smallest absolute Gasteiger partial charge is 0.261 e. The fraction of sp³-hybridized carbons (Fsp3) is 0.647. The minimum atomic E-state index is -0.525. The molecule has 0 bridgehead atoms. The molecule has 128 valence electrons. The number of thiophene rings is 1. The van der Waals surface area contributed by atoms with Crippen molar-refractivity contribution < 1.29 is 9.59 Å². The van der Waals surface area contributed by atoms with E-state index in [2.05, 4.69) is 16.0 Å². The third-order valence-electron chi connectivity index (χ3n) is 4.20. The van der Waals surface area contributed by atoms with E-state index in [1.807, 2.05) is 11.4 Å². The van der Waals surface area contributed by atoms with Gasteiger partial charge in [-0.3, -0.25) is 9.59 Å². The normalized spacial score (nSPS) is 17.3. The molecule has 3 N–H and O–H groups in total. The van der Waals surface area contributed by atoms with Crippen molar-refractivity contribution in [1.82, 2.24) is 16.0 Å². The Morgan fingerprint density at radius 1 is 1.22 bits per heavy atom. The van der Waals surface area contributed by atoms with E-state index in [1.165, 1.54) is 49.9 Å². The van der Waals surface area contributed by atoms with Crippen LogP contribution >= 0.6 is 11.3 Å². The molecule has 2 rings (SSSR count). The van der Waals surface area contributed by atoms with E-state index in [9.17, 15) is 9.59 Å². The molecule has 1 aliphatic carbocycles. The van der Waals surface area contributed by atoms with E-state index < -0.39 is 6.04 Å². The van der Waals surface area contributed by atoms with Crippen molar-refractivity contribution >= 4 is 23.2 Å². The van der Waals surface area contributed by atoms with Crippen LogP contribution in [0.1, 0.15) is 55.1 Å². The maximum Gasteiger partial charge on any atom is 0.261 e. The van der Waals surface area contributed by atoms with Gasteiger partial charge in [-0.15, -0.1) is 11.3 Å². The maximum atomic E-state index is 12.0. The number of hydrogen-bond acceptors (Lipinski definition) is 4. The van der Waals surface area contributed by atoms with Crippen LogP contribution in [-0.4, -0.2) is 37.0 Å². The first kappa shape index (κ1) is 17.9. The van der Waals surface area contributed by atoms with Crippen molar-refractivity contribution in [3.8, 4) is 0 Å². The Morgan fingerprint density at radius 2 is 1.96 bits per heavy atom. The Labute approximate surface area is 142 Å². The van der Waals surface area contributed by atoms with Crippen molar-refractivity contribution in [2.24, 2.45) is 0 Å². The molecule has 1 aromatic rings. The SMILES string of the molecule is CC(NC(=O)c1cccs1)C(=O)NCCNC1CCCCCC1. The molecule has 1 aliphatic rings. The number of nitrogens with one attached hydrogen (secondary N) is 3. The van der Waals surface area contributed by atoms with Crippen LogP contribution in [0.5, 0.6) is 0 Å². The predicted molar refractivity (Wildman–Crippen MR) is 93.7 cm³/mol. The van der Waals surface area contributed by atoms with Gasteiger partial charge in [-0.2, -0.15) is 0 Å². The minimum absolute atomic E-state index is 0.141. The first-order valence-electron chi connectivity index (χ1n) is 8.52. The highest BCUT2D eigenvalue weighted by Crippen LogP contribution is 2.16. The van der Waals surface area contributed by atoms with Gasteiger partial charge in [0, 0.05) is 19.1 Å². The van der Waals surface area contributed by atoms with E-state index in [0.717, 1.165) is 6.54 Å². The van der Waals surface area contributed by atoms with Crippen LogP contribution in [0.3, 0.4) is 0 Å². The average molecular weight is 337 g/mol. The lowest BCUT2D eigenvalue weighted by atomic mass is 10.1.